The molecule has 1 aromatic rings. The average molecular weight is 366 g/mol. The Morgan fingerprint density at radius 2 is 1.75 bits per heavy atom. The van der Waals surface area contributed by atoms with Crippen molar-refractivity contribution in [3.8, 4) is 5.75 Å². The highest BCUT2D eigenvalue weighted by atomic mass is 32.2. The molecule has 0 radical (unpaired) electrons. The number of carbonyl (C=O) groups excluding carboxylic acids is 1. The van der Waals surface area contributed by atoms with Crippen LogP contribution >= 0.6 is 0 Å². The Morgan fingerprint density at radius 3 is 2.21 bits per heavy atom. The summed E-state index contributed by atoms with van der Waals surface area (Å²) in [5, 5.41) is 0. The predicted octanol–water partition coefficient (Wildman–Crippen LogP) is 3.57. The number of alkyl halides is 3. The summed E-state index contributed by atoms with van der Waals surface area (Å²) >= 11 is 0. The van der Waals surface area contributed by atoms with Gasteiger partial charge in [-0.3, -0.25) is 0 Å². The van der Waals surface area contributed by atoms with Crippen molar-refractivity contribution in [1.82, 2.24) is 0 Å². The van der Waals surface area contributed by atoms with E-state index < -0.39 is 15.6 Å². The van der Waals surface area contributed by atoms with E-state index in [1.165, 1.54) is 31.7 Å². The Balaban J connectivity index is 0.000000254. The van der Waals surface area contributed by atoms with Gasteiger partial charge in [0.05, 0.1) is 7.11 Å². The second-order valence-corrected chi connectivity index (χ2v) is 6.30. The third kappa shape index (κ3) is 6.23. The summed E-state index contributed by atoms with van der Waals surface area (Å²) in [4.78, 5) is 10.9. The summed E-state index contributed by atoms with van der Waals surface area (Å²) in [5.41, 5.74) is -4.54. The Morgan fingerprint density at radius 1 is 1.12 bits per heavy atom. The normalized spacial score (nSPS) is 14.8. The van der Waals surface area contributed by atoms with Gasteiger partial charge >= 0.3 is 21.6 Å². The number of para-hydroxylation sites is 1. The third-order valence-corrected chi connectivity index (χ3v) is 3.95. The molecular weight excluding hydrogens is 349 g/mol. The molecule has 2 rings (SSSR count). The number of allylic oxidation sites excluding steroid dienone is 1. The zero-order valence-corrected chi connectivity index (χ0v) is 13.7. The zero-order valence-electron chi connectivity index (χ0n) is 12.9. The van der Waals surface area contributed by atoms with E-state index in [4.69, 9.17) is 0 Å². The smallest absolute Gasteiger partial charge is 0.466 e. The number of carbonyl (C=O) groups is 1. The number of benzene rings is 1. The molecule has 0 saturated heterocycles. The molecule has 1 aliphatic rings. The van der Waals surface area contributed by atoms with Crippen LogP contribution in [0.5, 0.6) is 5.75 Å². The van der Waals surface area contributed by atoms with Gasteiger partial charge in [0.2, 0.25) is 0 Å². The lowest BCUT2D eigenvalue weighted by molar-refractivity contribution is -0.136. The molecule has 0 N–H and O–H groups in total. The minimum atomic E-state index is -5.55. The largest absolute Gasteiger partial charge is 0.534 e. The van der Waals surface area contributed by atoms with E-state index in [1.54, 1.807) is 0 Å². The Hall–Kier alpha value is -2.03. The van der Waals surface area contributed by atoms with E-state index in [2.05, 4.69) is 8.92 Å². The predicted molar refractivity (Wildman–Crippen MR) is 80.6 cm³/mol. The SMILES string of the molecule is COC(=O)C1=CCCCC1.O=S(=O)(Oc1ccccc1)C(F)(F)F. The summed E-state index contributed by atoms with van der Waals surface area (Å²) < 4.78 is 64.8. The second-order valence-electron chi connectivity index (χ2n) is 4.76. The molecule has 0 fully saturated rings. The number of ether oxygens (including phenoxy) is 1. The van der Waals surface area contributed by atoms with Gasteiger partial charge < -0.3 is 8.92 Å². The first-order valence-corrected chi connectivity index (χ1v) is 8.41. The van der Waals surface area contributed by atoms with Crippen LogP contribution in [0.1, 0.15) is 25.7 Å². The maximum atomic E-state index is 11.8. The molecule has 1 aliphatic carbocycles. The number of rotatable bonds is 3. The lowest BCUT2D eigenvalue weighted by atomic mass is 10.00. The number of esters is 1. The van der Waals surface area contributed by atoms with Crippen molar-refractivity contribution in [2.24, 2.45) is 0 Å². The van der Waals surface area contributed by atoms with Crippen LogP contribution in [0.25, 0.3) is 0 Å². The second kappa shape index (κ2) is 8.72. The van der Waals surface area contributed by atoms with Crippen LogP contribution in [0, 0.1) is 0 Å². The fourth-order valence-electron chi connectivity index (χ4n) is 1.80. The first-order valence-electron chi connectivity index (χ1n) is 7.00. The molecule has 0 spiro atoms. The van der Waals surface area contributed by atoms with Crippen molar-refractivity contribution in [2.45, 2.75) is 31.2 Å². The molecule has 5 nitrogen and oxygen atoms in total. The monoisotopic (exact) mass is 366 g/mol. The number of methoxy groups -OCH3 is 1. The van der Waals surface area contributed by atoms with E-state index in [1.807, 2.05) is 6.08 Å². The van der Waals surface area contributed by atoms with Crippen molar-refractivity contribution in [3.05, 3.63) is 42.0 Å². The van der Waals surface area contributed by atoms with Gasteiger partial charge in [-0.2, -0.15) is 21.6 Å². The molecule has 1 aromatic carbocycles. The van der Waals surface area contributed by atoms with Gasteiger partial charge in [-0.1, -0.05) is 24.3 Å². The van der Waals surface area contributed by atoms with Gasteiger partial charge in [0.15, 0.2) is 0 Å². The van der Waals surface area contributed by atoms with Gasteiger partial charge in [0.25, 0.3) is 0 Å². The van der Waals surface area contributed by atoms with Crippen LogP contribution in [-0.4, -0.2) is 27.0 Å². The molecule has 0 unspecified atom stereocenters. The highest BCUT2D eigenvalue weighted by Gasteiger charge is 2.48. The average Bonchev–Trinajstić information content (AvgIpc) is 2.55. The Bertz CT molecular complexity index is 666. The topological polar surface area (TPSA) is 69.7 Å². The summed E-state index contributed by atoms with van der Waals surface area (Å²) in [6.07, 6.45) is 6.24. The Labute approximate surface area is 138 Å². The summed E-state index contributed by atoms with van der Waals surface area (Å²) in [6, 6.07) is 6.47. The fraction of sp³-hybridized carbons (Fsp3) is 0.400. The van der Waals surface area contributed by atoms with Crippen LogP contribution in [0.2, 0.25) is 0 Å². The highest BCUT2D eigenvalue weighted by molar-refractivity contribution is 7.87. The van der Waals surface area contributed by atoms with Crippen LogP contribution in [0.4, 0.5) is 13.2 Å². The molecule has 9 heteroatoms. The number of hydrogen-bond donors (Lipinski definition) is 0. The van der Waals surface area contributed by atoms with E-state index in [9.17, 15) is 26.4 Å². The van der Waals surface area contributed by atoms with Crippen molar-refractivity contribution < 1.29 is 35.3 Å². The molecule has 0 atom stereocenters. The van der Waals surface area contributed by atoms with Crippen molar-refractivity contribution in [2.75, 3.05) is 7.11 Å². The number of hydrogen-bond acceptors (Lipinski definition) is 5. The van der Waals surface area contributed by atoms with Crippen molar-refractivity contribution in [3.63, 3.8) is 0 Å². The first kappa shape index (κ1) is 20.0. The van der Waals surface area contributed by atoms with E-state index in [0.29, 0.717) is 0 Å². The molecule has 0 aromatic heterocycles. The molecule has 0 amide bonds. The molecule has 0 saturated carbocycles. The lowest BCUT2D eigenvalue weighted by Crippen LogP contribution is -2.27. The molecule has 24 heavy (non-hydrogen) atoms. The maximum Gasteiger partial charge on any atom is 0.534 e. The fourth-order valence-corrected chi connectivity index (χ4v) is 2.26. The summed E-state index contributed by atoms with van der Waals surface area (Å²) in [6.45, 7) is 0. The first-order chi connectivity index (χ1) is 11.2. The standard InChI is InChI=1S/C8H12O2.C7H5F3O3S/c1-10-8(9)7-5-3-2-4-6-7;8-7(9,10)14(11,12)13-6-4-2-1-3-5-6/h5H,2-4,6H2,1H3;1-5H. The zero-order chi connectivity index (χ0) is 18.2. The maximum absolute atomic E-state index is 11.8. The Kier molecular flexibility index (Phi) is 7.27. The molecular formula is C15H17F3O5S. The third-order valence-electron chi connectivity index (χ3n) is 2.97. The van der Waals surface area contributed by atoms with Crippen LogP contribution in [0.3, 0.4) is 0 Å². The number of halogens is 3. The molecule has 134 valence electrons. The van der Waals surface area contributed by atoms with Gasteiger partial charge in [-0.25, -0.2) is 4.79 Å². The summed E-state index contributed by atoms with van der Waals surface area (Å²) in [5.74, 6) is -0.524. The van der Waals surface area contributed by atoms with Crippen LogP contribution in [0.15, 0.2) is 42.0 Å². The van der Waals surface area contributed by atoms with Crippen molar-refractivity contribution >= 4 is 16.1 Å². The van der Waals surface area contributed by atoms with Gasteiger partial charge in [-0.05, 0) is 37.8 Å². The van der Waals surface area contributed by atoms with Crippen LogP contribution in [-0.2, 0) is 19.6 Å². The van der Waals surface area contributed by atoms with E-state index >= 15 is 0 Å². The molecule has 0 heterocycles. The van der Waals surface area contributed by atoms with Gasteiger partial charge in [0.1, 0.15) is 5.75 Å². The summed E-state index contributed by atoms with van der Waals surface area (Å²) in [7, 11) is -4.12. The van der Waals surface area contributed by atoms with Crippen LogP contribution < -0.4 is 4.18 Å². The minimum Gasteiger partial charge on any atom is -0.466 e. The van der Waals surface area contributed by atoms with E-state index in [0.717, 1.165) is 37.0 Å². The quantitative estimate of drug-likeness (QED) is 0.465. The van der Waals surface area contributed by atoms with Gasteiger partial charge in [-0.15, -0.1) is 0 Å². The van der Waals surface area contributed by atoms with E-state index in [-0.39, 0.29) is 11.7 Å². The van der Waals surface area contributed by atoms with Crippen molar-refractivity contribution in [1.29, 1.82) is 0 Å². The van der Waals surface area contributed by atoms with Gasteiger partial charge in [0, 0.05) is 5.57 Å². The molecule has 0 aliphatic heterocycles. The lowest BCUT2D eigenvalue weighted by Gasteiger charge is -2.09. The molecule has 0 bridgehead atoms. The highest BCUT2D eigenvalue weighted by Crippen LogP contribution is 2.26. The minimum absolute atomic E-state index is 0.153.